The molecule has 7 N–H and O–H groups in total. The zero-order valence-corrected chi connectivity index (χ0v) is 17.4. The Labute approximate surface area is 179 Å². The molecule has 3 atom stereocenters. The number of likely N-dealkylation sites (tertiary alicyclic amines) is 1. The van der Waals surface area contributed by atoms with Crippen molar-refractivity contribution in [1.82, 2.24) is 15.5 Å². The Morgan fingerprint density at radius 1 is 1.26 bits per heavy atom. The van der Waals surface area contributed by atoms with Crippen molar-refractivity contribution in [3.63, 3.8) is 0 Å². The van der Waals surface area contributed by atoms with Gasteiger partial charge >= 0.3 is 0 Å². The third-order valence-electron chi connectivity index (χ3n) is 5.36. The van der Waals surface area contributed by atoms with E-state index in [0.717, 1.165) is 0 Å². The second-order valence-corrected chi connectivity index (χ2v) is 7.73. The zero-order valence-electron chi connectivity index (χ0n) is 17.4. The molecule has 11 heteroatoms. The van der Waals surface area contributed by atoms with Crippen molar-refractivity contribution >= 4 is 23.6 Å². The van der Waals surface area contributed by atoms with Gasteiger partial charge in [-0.05, 0) is 31.5 Å². The van der Waals surface area contributed by atoms with Gasteiger partial charge in [0.25, 0.3) is 5.91 Å². The van der Waals surface area contributed by atoms with Crippen LogP contribution in [0, 0.1) is 0 Å². The van der Waals surface area contributed by atoms with Crippen LogP contribution >= 0.6 is 0 Å². The summed E-state index contributed by atoms with van der Waals surface area (Å²) in [6.45, 7) is 2.54. The number of nitrogens with zero attached hydrogens (tertiary/aromatic N) is 1. The number of aromatic hydroxyl groups is 1. The Balaban J connectivity index is 2.01. The van der Waals surface area contributed by atoms with E-state index in [4.69, 9.17) is 5.73 Å². The molecule has 1 fully saturated rings. The highest BCUT2D eigenvalue weighted by atomic mass is 16.3. The van der Waals surface area contributed by atoms with Crippen molar-refractivity contribution in [2.45, 2.75) is 51.0 Å². The first-order valence-electron chi connectivity index (χ1n) is 9.77. The van der Waals surface area contributed by atoms with E-state index in [1.165, 1.54) is 30.0 Å². The van der Waals surface area contributed by atoms with E-state index in [1.54, 1.807) is 6.92 Å². The molecule has 1 saturated heterocycles. The van der Waals surface area contributed by atoms with Gasteiger partial charge in [-0.1, -0.05) is 0 Å². The van der Waals surface area contributed by atoms with Gasteiger partial charge in [-0.3, -0.25) is 19.2 Å². The smallest absolute Gasteiger partial charge is 0.253 e. The van der Waals surface area contributed by atoms with Crippen LogP contribution in [0.25, 0.3) is 0 Å². The predicted molar refractivity (Wildman–Crippen MR) is 109 cm³/mol. The summed E-state index contributed by atoms with van der Waals surface area (Å²) in [6, 6.07) is 2.19. The molecule has 1 aliphatic heterocycles. The first-order valence-corrected chi connectivity index (χ1v) is 9.77. The summed E-state index contributed by atoms with van der Waals surface area (Å²) in [4.78, 5) is 49.0. The lowest BCUT2D eigenvalue weighted by Gasteiger charge is -2.31. The third kappa shape index (κ3) is 5.92. The van der Waals surface area contributed by atoms with E-state index in [2.05, 4.69) is 10.6 Å². The molecular weight excluding hydrogens is 408 g/mol. The topological polar surface area (TPSA) is 182 Å². The van der Waals surface area contributed by atoms with Gasteiger partial charge in [0.15, 0.2) is 0 Å². The normalized spacial score (nSPS) is 20.1. The molecule has 1 heterocycles. The molecule has 1 aromatic rings. The number of phenols is 1. The second kappa shape index (κ2) is 9.75. The second-order valence-electron chi connectivity index (χ2n) is 7.73. The van der Waals surface area contributed by atoms with Gasteiger partial charge < -0.3 is 36.6 Å². The quantitative estimate of drug-likeness (QED) is 0.282. The summed E-state index contributed by atoms with van der Waals surface area (Å²) in [5.41, 5.74) is 4.25. The highest BCUT2D eigenvalue weighted by Gasteiger charge is 2.43. The van der Waals surface area contributed by atoms with E-state index in [-0.39, 0.29) is 48.7 Å². The highest BCUT2D eigenvalue weighted by molar-refractivity contribution is 5.95. The third-order valence-corrected chi connectivity index (χ3v) is 5.36. The maximum absolute atomic E-state index is 12.8. The summed E-state index contributed by atoms with van der Waals surface area (Å²) in [5, 5.41) is 34.7. The number of rotatable bonds is 8. The van der Waals surface area contributed by atoms with Crippen LogP contribution in [-0.4, -0.2) is 74.6 Å². The lowest BCUT2D eigenvalue weighted by Crippen LogP contribution is -2.54. The number of aliphatic hydroxyl groups is 2. The Morgan fingerprint density at radius 3 is 2.52 bits per heavy atom. The number of carbonyl (C=O) groups excluding carboxylic acids is 4. The minimum Gasteiger partial charge on any atom is -0.508 e. The number of hydrogen-bond acceptors (Lipinski definition) is 7. The molecule has 0 aliphatic carbocycles. The molecule has 11 nitrogen and oxygen atoms in total. The molecule has 0 saturated carbocycles. The highest BCUT2D eigenvalue weighted by Crippen LogP contribution is 2.27. The fourth-order valence-corrected chi connectivity index (χ4v) is 3.46. The number of nitrogens with two attached hydrogens (primary N) is 1. The number of benzene rings is 1. The number of β-amino-alcohol motifs (C(OH)–C–C–N with tert-alkyl or cyclic N) is 1. The van der Waals surface area contributed by atoms with Gasteiger partial charge in [-0.2, -0.15) is 0 Å². The summed E-state index contributed by atoms with van der Waals surface area (Å²) in [7, 11) is 0. The molecule has 0 radical (unpaired) electrons. The van der Waals surface area contributed by atoms with Crippen molar-refractivity contribution in [2.75, 3.05) is 13.1 Å². The van der Waals surface area contributed by atoms with Crippen LogP contribution in [0.1, 0.15) is 42.6 Å². The maximum Gasteiger partial charge on any atom is 0.253 e. The Hall–Kier alpha value is -3.18. The van der Waals surface area contributed by atoms with Crippen LogP contribution in [-0.2, 0) is 21.0 Å². The van der Waals surface area contributed by atoms with E-state index < -0.39 is 42.0 Å². The molecule has 2 unspecified atom stereocenters. The lowest BCUT2D eigenvalue weighted by atomic mass is 9.94. The van der Waals surface area contributed by atoms with Crippen LogP contribution in [0.15, 0.2) is 18.2 Å². The van der Waals surface area contributed by atoms with E-state index in [9.17, 15) is 34.5 Å². The largest absolute Gasteiger partial charge is 0.508 e. The fraction of sp³-hybridized carbons (Fsp3) is 0.500. The SMILES string of the molecule is CC(=O)N[C@@H](CC(=O)NC(C)C1(O)CCN(C(=O)c2ccc(O)c(CO)c2)C1)C(N)=O. The number of carbonyl (C=O) groups is 4. The molecule has 1 aliphatic rings. The average molecular weight is 436 g/mol. The summed E-state index contributed by atoms with van der Waals surface area (Å²) in [5.74, 6) is -2.46. The van der Waals surface area contributed by atoms with Crippen LogP contribution in [0.5, 0.6) is 5.75 Å². The Bertz CT molecular complexity index is 875. The Morgan fingerprint density at radius 2 is 1.94 bits per heavy atom. The number of primary amides is 1. The first kappa shape index (κ1) is 24.1. The first-order chi connectivity index (χ1) is 14.5. The fourth-order valence-electron chi connectivity index (χ4n) is 3.46. The van der Waals surface area contributed by atoms with Gasteiger partial charge in [-0.15, -0.1) is 0 Å². The number of aliphatic hydroxyl groups excluding tert-OH is 1. The van der Waals surface area contributed by atoms with Gasteiger partial charge in [0.05, 0.1) is 25.6 Å². The molecule has 0 bridgehead atoms. The molecular formula is C20H28N4O7. The van der Waals surface area contributed by atoms with Crippen molar-refractivity contribution in [2.24, 2.45) is 5.73 Å². The summed E-state index contributed by atoms with van der Waals surface area (Å²) >= 11 is 0. The standard InChI is InChI=1S/C20H28N4O7/c1-11(22-17(28)8-15(18(21)29)23-12(2)26)20(31)5-6-24(10-20)19(30)13-3-4-16(27)14(7-13)9-25/h3-4,7,11,15,25,27,31H,5-6,8-10H2,1-2H3,(H2,21,29)(H,22,28)(H,23,26)/t11?,15-,20?/m0/s1. The van der Waals surface area contributed by atoms with E-state index in [1.807, 2.05) is 0 Å². The Kier molecular flexibility index (Phi) is 7.58. The molecule has 1 aromatic carbocycles. The number of amides is 4. The molecule has 0 aromatic heterocycles. The van der Waals surface area contributed by atoms with Crippen LogP contribution in [0.2, 0.25) is 0 Å². The molecule has 31 heavy (non-hydrogen) atoms. The zero-order chi connectivity index (χ0) is 23.3. The van der Waals surface area contributed by atoms with Crippen molar-refractivity contribution in [1.29, 1.82) is 0 Å². The molecule has 170 valence electrons. The molecule has 4 amide bonds. The molecule has 0 spiro atoms. The summed E-state index contributed by atoms with van der Waals surface area (Å²) in [6.07, 6.45) is -0.175. The van der Waals surface area contributed by atoms with Crippen molar-refractivity contribution in [3.8, 4) is 5.75 Å². The van der Waals surface area contributed by atoms with Crippen LogP contribution in [0.3, 0.4) is 0 Å². The number of nitrogens with one attached hydrogen (secondary N) is 2. The van der Waals surface area contributed by atoms with Crippen molar-refractivity contribution < 1.29 is 34.5 Å². The minimum atomic E-state index is -1.40. The maximum atomic E-state index is 12.8. The predicted octanol–water partition coefficient (Wildman–Crippen LogP) is -1.65. The minimum absolute atomic E-state index is 0.0481. The van der Waals surface area contributed by atoms with E-state index >= 15 is 0 Å². The van der Waals surface area contributed by atoms with Crippen molar-refractivity contribution in [3.05, 3.63) is 29.3 Å². The van der Waals surface area contributed by atoms with Crippen LogP contribution < -0.4 is 16.4 Å². The van der Waals surface area contributed by atoms with Gasteiger partial charge in [0, 0.05) is 24.6 Å². The van der Waals surface area contributed by atoms with Gasteiger partial charge in [-0.25, -0.2) is 0 Å². The van der Waals surface area contributed by atoms with Crippen LogP contribution in [0.4, 0.5) is 0 Å². The number of hydrogen-bond donors (Lipinski definition) is 6. The van der Waals surface area contributed by atoms with Gasteiger partial charge in [0.1, 0.15) is 17.4 Å². The monoisotopic (exact) mass is 436 g/mol. The van der Waals surface area contributed by atoms with E-state index in [0.29, 0.717) is 0 Å². The summed E-state index contributed by atoms with van der Waals surface area (Å²) < 4.78 is 0. The van der Waals surface area contributed by atoms with Gasteiger partial charge in [0.2, 0.25) is 17.7 Å². The lowest BCUT2D eigenvalue weighted by molar-refractivity contribution is -0.130. The molecule has 2 rings (SSSR count). The average Bonchev–Trinajstić information content (AvgIpc) is 3.10.